The van der Waals surface area contributed by atoms with Crippen molar-refractivity contribution in [1.29, 1.82) is 0 Å². The van der Waals surface area contributed by atoms with Crippen LogP contribution in [0.3, 0.4) is 0 Å². The van der Waals surface area contributed by atoms with E-state index in [4.69, 9.17) is 4.42 Å². The number of hydrogen-bond acceptors (Lipinski definition) is 5. The van der Waals surface area contributed by atoms with E-state index in [0.717, 1.165) is 37.7 Å². The molecule has 0 radical (unpaired) electrons. The van der Waals surface area contributed by atoms with Gasteiger partial charge in [0.1, 0.15) is 11.2 Å². The maximum atomic E-state index is 12.2. The smallest absolute Gasteiger partial charge is 0.234 e. The van der Waals surface area contributed by atoms with Crippen LogP contribution in [0.5, 0.6) is 0 Å². The molecule has 0 bridgehead atoms. The lowest BCUT2D eigenvalue weighted by molar-refractivity contribution is -0.113. The molecule has 0 saturated carbocycles. The summed E-state index contributed by atoms with van der Waals surface area (Å²) in [6.45, 7) is 1.95. The number of nitrogens with zero attached hydrogens (tertiary/aromatic N) is 1. The molecular weight excluding hydrogens is 340 g/mol. The second kappa shape index (κ2) is 6.30. The van der Waals surface area contributed by atoms with Gasteiger partial charge < -0.3 is 9.73 Å². The van der Waals surface area contributed by atoms with E-state index in [1.165, 1.54) is 11.8 Å². The van der Waals surface area contributed by atoms with Gasteiger partial charge in [0.2, 0.25) is 5.91 Å². The zero-order chi connectivity index (χ0) is 16.5. The summed E-state index contributed by atoms with van der Waals surface area (Å²) in [7, 11) is 0. The molecule has 2 heterocycles. The lowest BCUT2D eigenvalue weighted by atomic mass is 10.1. The van der Waals surface area contributed by atoms with Crippen molar-refractivity contribution in [3.05, 3.63) is 53.5 Å². The number of nitrogens with one attached hydrogen (secondary N) is 1. The van der Waals surface area contributed by atoms with Gasteiger partial charge in [0.25, 0.3) is 0 Å². The van der Waals surface area contributed by atoms with Crippen molar-refractivity contribution >= 4 is 56.6 Å². The Morgan fingerprint density at radius 3 is 2.88 bits per heavy atom. The first-order valence-electron chi connectivity index (χ1n) is 7.45. The second-order valence-electron chi connectivity index (χ2n) is 5.40. The van der Waals surface area contributed by atoms with Crippen LogP contribution in [0, 0.1) is 6.92 Å². The van der Waals surface area contributed by atoms with Crippen molar-refractivity contribution in [2.75, 3.05) is 11.1 Å². The number of amides is 1. The van der Waals surface area contributed by atoms with Crippen molar-refractivity contribution in [3.8, 4) is 0 Å². The van der Waals surface area contributed by atoms with E-state index in [0.29, 0.717) is 5.75 Å². The number of benzene rings is 2. The summed E-state index contributed by atoms with van der Waals surface area (Å²) in [5.74, 6) is 0.303. The molecule has 0 unspecified atom stereocenters. The molecule has 0 saturated heterocycles. The molecule has 4 rings (SSSR count). The van der Waals surface area contributed by atoms with Crippen LogP contribution in [0.1, 0.15) is 5.69 Å². The predicted molar refractivity (Wildman–Crippen MR) is 99.9 cm³/mol. The SMILES string of the molecule is Cc1csc(SCC(=O)Nc2ccc3oc4ccccc4c3c2)n1. The number of rotatable bonds is 4. The van der Waals surface area contributed by atoms with Crippen molar-refractivity contribution in [2.24, 2.45) is 0 Å². The van der Waals surface area contributed by atoms with Crippen LogP contribution in [-0.2, 0) is 4.79 Å². The number of fused-ring (bicyclic) bond motifs is 3. The molecule has 0 aliphatic rings. The lowest BCUT2D eigenvalue weighted by Gasteiger charge is -2.04. The maximum absolute atomic E-state index is 12.2. The fraction of sp³-hybridized carbons (Fsp3) is 0.111. The minimum atomic E-state index is -0.0417. The van der Waals surface area contributed by atoms with Gasteiger partial charge in [0, 0.05) is 27.5 Å². The third-order valence-electron chi connectivity index (χ3n) is 3.59. The zero-order valence-electron chi connectivity index (χ0n) is 12.9. The van der Waals surface area contributed by atoms with Gasteiger partial charge in [0.15, 0.2) is 4.34 Å². The van der Waals surface area contributed by atoms with Crippen LogP contribution in [0.4, 0.5) is 5.69 Å². The summed E-state index contributed by atoms with van der Waals surface area (Å²) in [4.78, 5) is 16.5. The number of aryl methyl sites for hydroxylation is 1. The molecule has 0 spiro atoms. The summed E-state index contributed by atoms with van der Waals surface area (Å²) in [6.07, 6.45) is 0. The fourth-order valence-electron chi connectivity index (χ4n) is 2.53. The lowest BCUT2D eigenvalue weighted by Crippen LogP contribution is -2.13. The van der Waals surface area contributed by atoms with Crippen molar-refractivity contribution < 1.29 is 9.21 Å². The van der Waals surface area contributed by atoms with Crippen LogP contribution >= 0.6 is 23.1 Å². The molecule has 2 aromatic heterocycles. The highest BCUT2D eigenvalue weighted by Gasteiger charge is 2.09. The van der Waals surface area contributed by atoms with E-state index in [9.17, 15) is 4.79 Å². The largest absolute Gasteiger partial charge is 0.456 e. The highest BCUT2D eigenvalue weighted by atomic mass is 32.2. The van der Waals surface area contributed by atoms with Gasteiger partial charge in [-0.3, -0.25) is 4.79 Å². The van der Waals surface area contributed by atoms with Gasteiger partial charge >= 0.3 is 0 Å². The highest BCUT2D eigenvalue weighted by Crippen LogP contribution is 2.30. The van der Waals surface area contributed by atoms with Crippen molar-refractivity contribution in [3.63, 3.8) is 0 Å². The minimum Gasteiger partial charge on any atom is -0.456 e. The van der Waals surface area contributed by atoms with E-state index in [1.807, 2.05) is 54.8 Å². The van der Waals surface area contributed by atoms with Crippen LogP contribution in [0.2, 0.25) is 0 Å². The molecule has 4 aromatic rings. The van der Waals surface area contributed by atoms with E-state index in [2.05, 4.69) is 10.3 Å². The number of hydrogen-bond donors (Lipinski definition) is 1. The van der Waals surface area contributed by atoms with Crippen LogP contribution in [0.25, 0.3) is 21.9 Å². The molecule has 2 aromatic carbocycles. The van der Waals surface area contributed by atoms with Gasteiger partial charge in [-0.1, -0.05) is 30.0 Å². The molecule has 0 aliphatic heterocycles. The first-order chi connectivity index (χ1) is 11.7. The average molecular weight is 354 g/mol. The molecule has 0 atom stereocenters. The number of thioether (sulfide) groups is 1. The zero-order valence-corrected chi connectivity index (χ0v) is 14.5. The van der Waals surface area contributed by atoms with Gasteiger partial charge in [-0.25, -0.2) is 4.98 Å². The predicted octanol–water partition coefficient (Wildman–Crippen LogP) is 5.08. The minimum absolute atomic E-state index is 0.0417. The van der Waals surface area contributed by atoms with Gasteiger partial charge in [0.05, 0.1) is 5.75 Å². The molecule has 0 fully saturated rings. The monoisotopic (exact) mass is 354 g/mol. The third kappa shape index (κ3) is 3.02. The molecule has 4 nitrogen and oxygen atoms in total. The number of furan rings is 1. The number of thiazole rings is 1. The Labute approximate surface area is 146 Å². The molecular formula is C18H14N2O2S2. The number of carbonyl (C=O) groups excluding carboxylic acids is 1. The molecule has 1 N–H and O–H groups in total. The van der Waals surface area contributed by atoms with Crippen LogP contribution in [-0.4, -0.2) is 16.6 Å². The summed E-state index contributed by atoms with van der Waals surface area (Å²) >= 11 is 3.02. The molecule has 1 amide bonds. The quantitative estimate of drug-likeness (QED) is 0.519. The molecule has 0 aliphatic carbocycles. The van der Waals surface area contributed by atoms with E-state index < -0.39 is 0 Å². The third-order valence-corrected chi connectivity index (χ3v) is 5.72. The van der Waals surface area contributed by atoms with Crippen molar-refractivity contribution in [2.45, 2.75) is 11.3 Å². The Balaban J connectivity index is 1.51. The normalized spacial score (nSPS) is 11.2. The van der Waals surface area contributed by atoms with Crippen LogP contribution < -0.4 is 5.32 Å². The number of aromatic nitrogens is 1. The Hall–Kier alpha value is -2.31. The highest BCUT2D eigenvalue weighted by molar-refractivity contribution is 8.01. The fourth-order valence-corrected chi connectivity index (χ4v) is 4.18. The summed E-state index contributed by atoms with van der Waals surface area (Å²) < 4.78 is 6.71. The number of carbonyl (C=O) groups is 1. The second-order valence-corrected chi connectivity index (χ2v) is 7.48. The Bertz CT molecular complexity index is 1040. The number of para-hydroxylation sites is 1. The summed E-state index contributed by atoms with van der Waals surface area (Å²) in [5.41, 5.74) is 3.43. The Morgan fingerprint density at radius 2 is 2.04 bits per heavy atom. The Morgan fingerprint density at radius 1 is 1.21 bits per heavy atom. The standard InChI is InChI=1S/C18H14N2O2S2/c1-11-9-23-18(19-11)24-10-17(21)20-12-6-7-16-14(8-12)13-4-2-3-5-15(13)22-16/h2-9H,10H2,1H3,(H,20,21). The van der Waals surface area contributed by atoms with Crippen LogP contribution in [0.15, 0.2) is 56.6 Å². The summed E-state index contributed by atoms with van der Waals surface area (Å²) in [5, 5.41) is 6.98. The van der Waals surface area contributed by atoms with Gasteiger partial charge in [-0.05, 0) is 31.2 Å². The van der Waals surface area contributed by atoms with Gasteiger partial charge in [-0.15, -0.1) is 11.3 Å². The van der Waals surface area contributed by atoms with E-state index in [-0.39, 0.29) is 5.91 Å². The van der Waals surface area contributed by atoms with E-state index >= 15 is 0 Å². The maximum Gasteiger partial charge on any atom is 0.234 e. The summed E-state index contributed by atoms with van der Waals surface area (Å²) in [6, 6.07) is 13.6. The molecule has 24 heavy (non-hydrogen) atoms. The first-order valence-corrected chi connectivity index (χ1v) is 9.32. The average Bonchev–Trinajstić information content (AvgIpc) is 3.16. The molecule has 6 heteroatoms. The molecule has 120 valence electrons. The van der Waals surface area contributed by atoms with E-state index in [1.54, 1.807) is 11.3 Å². The van der Waals surface area contributed by atoms with Crippen molar-refractivity contribution in [1.82, 2.24) is 4.98 Å². The van der Waals surface area contributed by atoms with Gasteiger partial charge in [-0.2, -0.15) is 0 Å². The Kier molecular flexibility index (Phi) is 4.00. The first kappa shape index (κ1) is 15.2. The number of anilines is 1. The topological polar surface area (TPSA) is 55.1 Å².